The summed E-state index contributed by atoms with van der Waals surface area (Å²) in [7, 11) is 1.29. The fourth-order valence-corrected chi connectivity index (χ4v) is 3.59. The van der Waals surface area contributed by atoms with Crippen LogP contribution in [0.15, 0.2) is 60.7 Å². The molecular formula is C22H21NO5S. The second kappa shape index (κ2) is 9.75. The highest BCUT2D eigenvalue weighted by Crippen LogP contribution is 2.37. The Morgan fingerprint density at radius 1 is 1.00 bits per heavy atom. The summed E-state index contributed by atoms with van der Waals surface area (Å²) in [6.07, 6.45) is 0. The summed E-state index contributed by atoms with van der Waals surface area (Å²) >= 11 is 1.37. The minimum atomic E-state index is -0.479. The maximum atomic E-state index is 12.9. The number of thiophene rings is 1. The van der Waals surface area contributed by atoms with E-state index in [0.717, 1.165) is 10.4 Å². The molecule has 1 amide bonds. The molecule has 7 heteroatoms. The number of benzene rings is 2. The molecule has 0 bridgehead atoms. The minimum Gasteiger partial charge on any atom is -0.492 e. The Morgan fingerprint density at radius 3 is 2.52 bits per heavy atom. The Bertz CT molecular complexity index is 984. The van der Waals surface area contributed by atoms with Gasteiger partial charge in [-0.25, -0.2) is 4.79 Å². The first-order valence-corrected chi connectivity index (χ1v) is 9.85. The number of nitrogens with one attached hydrogen (secondary N) is 1. The first-order valence-electron chi connectivity index (χ1n) is 9.03. The number of amides is 1. The van der Waals surface area contributed by atoms with Crippen LogP contribution in [0.1, 0.15) is 16.6 Å². The maximum Gasteiger partial charge on any atom is 0.343 e. The number of methoxy groups -OCH3 is 1. The topological polar surface area (TPSA) is 73.9 Å². The Balaban J connectivity index is 1.78. The SMILES string of the molecule is CCOc1cc(-c2ccccc2)sc1C(=O)Nc1cccc(OCC(=O)OC)c1. The van der Waals surface area contributed by atoms with Crippen LogP contribution in [0.25, 0.3) is 10.4 Å². The number of esters is 1. The molecule has 0 aliphatic heterocycles. The Labute approximate surface area is 173 Å². The average molecular weight is 411 g/mol. The summed E-state index contributed by atoms with van der Waals surface area (Å²) in [5.41, 5.74) is 1.57. The van der Waals surface area contributed by atoms with Crippen molar-refractivity contribution in [1.82, 2.24) is 0 Å². The number of ether oxygens (including phenoxy) is 3. The van der Waals surface area contributed by atoms with Crippen LogP contribution in [0.2, 0.25) is 0 Å². The zero-order valence-electron chi connectivity index (χ0n) is 16.1. The van der Waals surface area contributed by atoms with Gasteiger partial charge in [-0.05, 0) is 30.7 Å². The Kier molecular flexibility index (Phi) is 6.86. The van der Waals surface area contributed by atoms with Crippen LogP contribution in [0.4, 0.5) is 5.69 Å². The second-order valence-electron chi connectivity index (χ2n) is 5.95. The summed E-state index contributed by atoms with van der Waals surface area (Å²) in [6.45, 7) is 2.14. The van der Waals surface area contributed by atoms with E-state index in [0.29, 0.717) is 28.7 Å². The lowest BCUT2D eigenvalue weighted by atomic mass is 10.2. The zero-order valence-corrected chi connectivity index (χ0v) is 17.0. The summed E-state index contributed by atoms with van der Waals surface area (Å²) in [5.74, 6) is 0.250. The highest BCUT2D eigenvalue weighted by molar-refractivity contribution is 7.17. The smallest absolute Gasteiger partial charge is 0.343 e. The molecular weight excluding hydrogens is 390 g/mol. The Morgan fingerprint density at radius 2 is 1.79 bits per heavy atom. The van der Waals surface area contributed by atoms with Gasteiger partial charge in [0.05, 0.1) is 13.7 Å². The number of rotatable bonds is 8. The van der Waals surface area contributed by atoms with Crippen LogP contribution in [0, 0.1) is 0 Å². The van der Waals surface area contributed by atoms with E-state index < -0.39 is 5.97 Å². The van der Waals surface area contributed by atoms with Crippen LogP contribution >= 0.6 is 11.3 Å². The second-order valence-corrected chi connectivity index (χ2v) is 7.00. The van der Waals surface area contributed by atoms with Gasteiger partial charge in [-0.2, -0.15) is 0 Å². The van der Waals surface area contributed by atoms with Gasteiger partial charge in [0, 0.05) is 16.6 Å². The van der Waals surface area contributed by atoms with E-state index in [9.17, 15) is 9.59 Å². The van der Waals surface area contributed by atoms with Gasteiger partial charge in [-0.15, -0.1) is 11.3 Å². The van der Waals surface area contributed by atoms with E-state index in [-0.39, 0.29) is 12.5 Å². The molecule has 0 aliphatic carbocycles. The monoisotopic (exact) mass is 411 g/mol. The van der Waals surface area contributed by atoms with Crippen LogP contribution < -0.4 is 14.8 Å². The lowest BCUT2D eigenvalue weighted by Crippen LogP contribution is -2.13. The number of hydrogen-bond acceptors (Lipinski definition) is 6. The quantitative estimate of drug-likeness (QED) is 0.548. The molecule has 6 nitrogen and oxygen atoms in total. The largest absolute Gasteiger partial charge is 0.492 e. The molecule has 1 heterocycles. The van der Waals surface area contributed by atoms with E-state index >= 15 is 0 Å². The van der Waals surface area contributed by atoms with Crippen molar-refractivity contribution in [3.05, 3.63) is 65.5 Å². The predicted molar refractivity (Wildman–Crippen MR) is 113 cm³/mol. The number of carbonyl (C=O) groups excluding carboxylic acids is 2. The minimum absolute atomic E-state index is 0.201. The summed E-state index contributed by atoms with van der Waals surface area (Å²) < 4.78 is 15.6. The highest BCUT2D eigenvalue weighted by Gasteiger charge is 2.19. The van der Waals surface area contributed by atoms with Gasteiger partial charge >= 0.3 is 5.97 Å². The van der Waals surface area contributed by atoms with Crippen molar-refractivity contribution in [2.24, 2.45) is 0 Å². The average Bonchev–Trinajstić information content (AvgIpc) is 3.17. The summed E-state index contributed by atoms with van der Waals surface area (Å²) in [5, 5.41) is 2.86. The molecule has 29 heavy (non-hydrogen) atoms. The first-order chi connectivity index (χ1) is 14.1. The van der Waals surface area contributed by atoms with Crippen LogP contribution in [-0.4, -0.2) is 32.2 Å². The maximum absolute atomic E-state index is 12.9. The Hall–Kier alpha value is -3.32. The molecule has 1 aromatic heterocycles. The molecule has 0 aliphatic rings. The fraction of sp³-hybridized carbons (Fsp3) is 0.182. The molecule has 0 saturated heterocycles. The molecule has 3 aromatic rings. The van der Waals surface area contributed by atoms with Gasteiger partial charge in [-0.3, -0.25) is 4.79 Å². The van der Waals surface area contributed by atoms with Gasteiger partial charge in [0.1, 0.15) is 16.4 Å². The fourth-order valence-electron chi connectivity index (χ4n) is 2.59. The van der Waals surface area contributed by atoms with Crippen molar-refractivity contribution in [3.8, 4) is 21.9 Å². The van der Waals surface area contributed by atoms with Crippen LogP contribution in [-0.2, 0) is 9.53 Å². The highest BCUT2D eigenvalue weighted by atomic mass is 32.1. The molecule has 3 rings (SSSR count). The molecule has 0 radical (unpaired) electrons. The third-order valence-corrected chi connectivity index (χ3v) is 5.10. The molecule has 0 spiro atoms. The van der Waals surface area contributed by atoms with Gasteiger partial charge < -0.3 is 19.5 Å². The third kappa shape index (κ3) is 5.36. The first kappa shape index (κ1) is 20.4. The lowest BCUT2D eigenvalue weighted by Gasteiger charge is -2.09. The summed E-state index contributed by atoms with van der Waals surface area (Å²) in [4.78, 5) is 25.5. The molecule has 1 N–H and O–H groups in total. The third-order valence-electron chi connectivity index (χ3n) is 3.94. The van der Waals surface area contributed by atoms with Gasteiger partial charge in [0.25, 0.3) is 5.91 Å². The van der Waals surface area contributed by atoms with Crippen molar-refractivity contribution >= 4 is 28.9 Å². The van der Waals surface area contributed by atoms with Crippen molar-refractivity contribution in [1.29, 1.82) is 0 Å². The number of carbonyl (C=O) groups is 2. The van der Waals surface area contributed by atoms with E-state index in [1.54, 1.807) is 24.3 Å². The molecule has 0 fully saturated rings. The van der Waals surface area contributed by atoms with Gasteiger partial charge in [-0.1, -0.05) is 36.4 Å². The van der Waals surface area contributed by atoms with Crippen molar-refractivity contribution in [2.45, 2.75) is 6.92 Å². The van der Waals surface area contributed by atoms with E-state index in [2.05, 4.69) is 10.1 Å². The molecule has 0 saturated carbocycles. The predicted octanol–water partition coefficient (Wildman–Crippen LogP) is 4.62. The van der Waals surface area contributed by atoms with Crippen LogP contribution in [0.3, 0.4) is 0 Å². The standard InChI is InChI=1S/C22H21NO5S/c1-3-27-18-13-19(15-8-5-4-6-9-15)29-21(18)22(25)23-16-10-7-11-17(12-16)28-14-20(24)26-2/h4-13H,3,14H2,1-2H3,(H,23,25). The van der Waals surface area contributed by atoms with Crippen molar-refractivity contribution < 1.29 is 23.8 Å². The van der Waals surface area contributed by atoms with Gasteiger partial charge in [0.15, 0.2) is 6.61 Å². The van der Waals surface area contributed by atoms with Crippen molar-refractivity contribution in [3.63, 3.8) is 0 Å². The zero-order chi connectivity index (χ0) is 20.6. The normalized spacial score (nSPS) is 10.3. The van der Waals surface area contributed by atoms with E-state index in [4.69, 9.17) is 9.47 Å². The molecule has 150 valence electrons. The summed E-state index contributed by atoms with van der Waals surface area (Å²) in [6, 6.07) is 18.5. The van der Waals surface area contributed by atoms with Gasteiger partial charge in [0.2, 0.25) is 0 Å². The molecule has 2 aromatic carbocycles. The lowest BCUT2D eigenvalue weighted by molar-refractivity contribution is -0.142. The molecule has 0 unspecified atom stereocenters. The number of hydrogen-bond donors (Lipinski definition) is 1. The number of anilines is 1. The molecule has 0 atom stereocenters. The van der Waals surface area contributed by atoms with E-state index in [1.165, 1.54) is 18.4 Å². The van der Waals surface area contributed by atoms with Crippen molar-refractivity contribution in [2.75, 3.05) is 25.6 Å². The van der Waals surface area contributed by atoms with Crippen LogP contribution in [0.5, 0.6) is 11.5 Å². The van der Waals surface area contributed by atoms with E-state index in [1.807, 2.05) is 43.3 Å².